The highest BCUT2D eigenvalue weighted by atomic mass is 35.5. The van der Waals surface area contributed by atoms with Crippen molar-refractivity contribution in [3.8, 4) is 0 Å². The Balaban J connectivity index is 1.68. The number of nitro groups is 1. The van der Waals surface area contributed by atoms with Crippen LogP contribution in [0.4, 0.5) is 17.1 Å². The Hall–Kier alpha value is -3.71. The number of carbonyl (C=O) groups excluding carboxylic acids is 2. The number of hydrogen-bond donors (Lipinski definition) is 2. The minimum atomic E-state index is -0.563. The Kier molecular flexibility index (Phi) is 5.90. The van der Waals surface area contributed by atoms with Crippen molar-refractivity contribution in [3.05, 3.63) is 98.6 Å². The van der Waals surface area contributed by atoms with Gasteiger partial charge in [-0.25, -0.2) is 0 Å². The zero-order chi connectivity index (χ0) is 21.0. The van der Waals surface area contributed by atoms with E-state index < -0.39 is 10.8 Å². The lowest BCUT2D eigenvalue weighted by atomic mass is 10.1. The first-order valence-electron chi connectivity index (χ1n) is 8.57. The molecular weight excluding hydrogens is 394 g/mol. The Morgan fingerprint density at radius 2 is 1.59 bits per heavy atom. The molecule has 146 valence electrons. The smallest absolute Gasteiger partial charge is 0.270 e. The highest BCUT2D eigenvalue weighted by molar-refractivity contribution is 6.30. The van der Waals surface area contributed by atoms with Gasteiger partial charge >= 0.3 is 0 Å². The summed E-state index contributed by atoms with van der Waals surface area (Å²) in [6, 6.07) is 16.9. The van der Waals surface area contributed by atoms with Gasteiger partial charge in [0.1, 0.15) is 0 Å². The molecule has 2 amide bonds. The monoisotopic (exact) mass is 409 g/mol. The molecule has 0 aliphatic rings. The summed E-state index contributed by atoms with van der Waals surface area (Å²) in [7, 11) is 0. The minimum absolute atomic E-state index is 0.165. The van der Waals surface area contributed by atoms with Crippen molar-refractivity contribution in [3.63, 3.8) is 0 Å². The summed E-state index contributed by atoms with van der Waals surface area (Å²) in [5, 5.41) is 16.9. The molecule has 0 aliphatic heterocycles. The quantitative estimate of drug-likeness (QED) is 0.454. The molecule has 3 aromatic rings. The molecular formula is C21H16ClN3O4. The van der Waals surface area contributed by atoms with E-state index in [0.29, 0.717) is 22.0 Å². The van der Waals surface area contributed by atoms with Gasteiger partial charge in [-0.2, -0.15) is 0 Å². The molecule has 0 spiro atoms. The predicted molar refractivity (Wildman–Crippen MR) is 112 cm³/mol. The number of benzene rings is 3. The summed E-state index contributed by atoms with van der Waals surface area (Å²) in [6.45, 7) is 1.84. The highest BCUT2D eigenvalue weighted by Gasteiger charge is 2.13. The van der Waals surface area contributed by atoms with E-state index in [4.69, 9.17) is 11.6 Å². The second-order valence-corrected chi connectivity index (χ2v) is 6.69. The molecule has 0 bridgehead atoms. The number of amides is 2. The van der Waals surface area contributed by atoms with Crippen molar-refractivity contribution >= 4 is 40.5 Å². The van der Waals surface area contributed by atoms with E-state index in [9.17, 15) is 19.7 Å². The van der Waals surface area contributed by atoms with Gasteiger partial charge in [0.2, 0.25) is 0 Å². The summed E-state index contributed by atoms with van der Waals surface area (Å²) in [6.07, 6.45) is 0. The van der Waals surface area contributed by atoms with Crippen LogP contribution in [0.25, 0.3) is 0 Å². The Bertz CT molecular complexity index is 1100. The highest BCUT2D eigenvalue weighted by Crippen LogP contribution is 2.21. The predicted octanol–water partition coefficient (Wildman–Crippen LogP) is 5.06. The number of nitrogens with one attached hydrogen (secondary N) is 2. The maximum absolute atomic E-state index is 12.4. The minimum Gasteiger partial charge on any atom is -0.322 e. The van der Waals surface area contributed by atoms with Crippen molar-refractivity contribution in [1.29, 1.82) is 0 Å². The van der Waals surface area contributed by atoms with Gasteiger partial charge in [0.05, 0.1) is 4.92 Å². The van der Waals surface area contributed by atoms with E-state index in [1.165, 1.54) is 24.3 Å². The van der Waals surface area contributed by atoms with Gasteiger partial charge in [-0.3, -0.25) is 19.7 Å². The van der Waals surface area contributed by atoms with Crippen molar-refractivity contribution in [2.75, 3.05) is 10.6 Å². The lowest BCUT2D eigenvalue weighted by molar-refractivity contribution is -0.384. The zero-order valence-electron chi connectivity index (χ0n) is 15.3. The fourth-order valence-corrected chi connectivity index (χ4v) is 2.86. The second-order valence-electron chi connectivity index (χ2n) is 6.25. The molecule has 7 nitrogen and oxygen atoms in total. The maximum Gasteiger partial charge on any atom is 0.270 e. The standard InChI is InChI=1S/C21H16ClN3O4/c1-13-11-16(22)7-10-19(13)24-20(26)14-5-8-17(9-6-14)23-21(27)15-3-2-4-18(12-15)25(28)29/h2-12H,1H3,(H,23,27)(H,24,26). The van der Waals surface area contributed by atoms with Gasteiger partial charge in [0.25, 0.3) is 17.5 Å². The van der Waals surface area contributed by atoms with Crippen LogP contribution < -0.4 is 10.6 Å². The van der Waals surface area contributed by atoms with Crippen molar-refractivity contribution in [2.24, 2.45) is 0 Å². The van der Waals surface area contributed by atoms with Crippen LogP contribution in [0.3, 0.4) is 0 Å². The Morgan fingerprint density at radius 1 is 0.897 bits per heavy atom. The summed E-state index contributed by atoms with van der Waals surface area (Å²) in [5.74, 6) is -0.783. The average Bonchev–Trinajstić information content (AvgIpc) is 2.70. The third-order valence-corrected chi connectivity index (χ3v) is 4.40. The van der Waals surface area contributed by atoms with Gasteiger partial charge in [0.15, 0.2) is 0 Å². The third-order valence-electron chi connectivity index (χ3n) is 4.16. The molecule has 0 saturated heterocycles. The number of aryl methyl sites for hydroxylation is 1. The van der Waals surface area contributed by atoms with E-state index in [1.807, 2.05) is 6.92 Å². The van der Waals surface area contributed by atoms with E-state index in [-0.39, 0.29) is 17.2 Å². The molecule has 2 N–H and O–H groups in total. The van der Waals surface area contributed by atoms with Crippen LogP contribution in [0.2, 0.25) is 5.02 Å². The summed E-state index contributed by atoms with van der Waals surface area (Å²) in [5.41, 5.74) is 2.36. The normalized spacial score (nSPS) is 10.3. The lowest BCUT2D eigenvalue weighted by Crippen LogP contribution is -2.14. The third kappa shape index (κ3) is 4.97. The summed E-state index contributed by atoms with van der Waals surface area (Å²) >= 11 is 5.92. The molecule has 8 heteroatoms. The van der Waals surface area contributed by atoms with E-state index in [0.717, 1.165) is 5.56 Å². The number of anilines is 2. The number of hydrogen-bond acceptors (Lipinski definition) is 4. The molecule has 0 radical (unpaired) electrons. The molecule has 0 atom stereocenters. The van der Waals surface area contributed by atoms with Crippen molar-refractivity contribution < 1.29 is 14.5 Å². The van der Waals surface area contributed by atoms with Gasteiger partial charge in [-0.15, -0.1) is 0 Å². The number of carbonyl (C=O) groups is 2. The number of non-ortho nitro benzene ring substituents is 1. The topological polar surface area (TPSA) is 101 Å². The van der Waals surface area contributed by atoms with Crippen LogP contribution in [0.1, 0.15) is 26.3 Å². The van der Waals surface area contributed by atoms with Crippen LogP contribution in [0.5, 0.6) is 0 Å². The number of nitrogens with zero attached hydrogens (tertiary/aromatic N) is 1. The molecule has 3 aromatic carbocycles. The fourth-order valence-electron chi connectivity index (χ4n) is 2.63. The summed E-state index contributed by atoms with van der Waals surface area (Å²) in [4.78, 5) is 35.0. The molecule has 0 unspecified atom stereocenters. The van der Waals surface area contributed by atoms with Gasteiger partial charge in [-0.1, -0.05) is 17.7 Å². The average molecular weight is 410 g/mol. The summed E-state index contributed by atoms with van der Waals surface area (Å²) < 4.78 is 0. The molecule has 0 aliphatic carbocycles. The maximum atomic E-state index is 12.4. The lowest BCUT2D eigenvalue weighted by Gasteiger charge is -2.10. The molecule has 29 heavy (non-hydrogen) atoms. The second kappa shape index (κ2) is 8.53. The van der Waals surface area contributed by atoms with E-state index >= 15 is 0 Å². The zero-order valence-corrected chi connectivity index (χ0v) is 16.1. The molecule has 0 fully saturated rings. The molecule has 0 heterocycles. The Labute approximate surface area is 171 Å². The number of nitro benzene ring substituents is 1. The van der Waals surface area contributed by atoms with Crippen LogP contribution in [-0.4, -0.2) is 16.7 Å². The van der Waals surface area contributed by atoms with Crippen LogP contribution in [-0.2, 0) is 0 Å². The van der Waals surface area contributed by atoms with Crippen LogP contribution in [0, 0.1) is 17.0 Å². The van der Waals surface area contributed by atoms with Crippen LogP contribution in [0.15, 0.2) is 66.7 Å². The molecule has 0 aromatic heterocycles. The largest absolute Gasteiger partial charge is 0.322 e. The van der Waals surface area contributed by atoms with E-state index in [1.54, 1.807) is 42.5 Å². The molecule has 0 saturated carbocycles. The first-order chi connectivity index (χ1) is 13.8. The van der Waals surface area contributed by atoms with Crippen molar-refractivity contribution in [2.45, 2.75) is 6.92 Å². The van der Waals surface area contributed by atoms with Gasteiger partial charge in [-0.05, 0) is 61.0 Å². The number of rotatable bonds is 5. The number of halogens is 1. The van der Waals surface area contributed by atoms with Crippen molar-refractivity contribution in [1.82, 2.24) is 0 Å². The van der Waals surface area contributed by atoms with E-state index in [2.05, 4.69) is 10.6 Å². The first-order valence-corrected chi connectivity index (χ1v) is 8.94. The molecule has 3 rings (SSSR count). The van der Waals surface area contributed by atoms with Gasteiger partial charge < -0.3 is 10.6 Å². The van der Waals surface area contributed by atoms with Gasteiger partial charge in [0, 0.05) is 39.7 Å². The SMILES string of the molecule is Cc1cc(Cl)ccc1NC(=O)c1ccc(NC(=O)c2cccc([N+](=O)[O-])c2)cc1. The first kappa shape index (κ1) is 20.0. The fraction of sp³-hybridized carbons (Fsp3) is 0.0476. The van der Waals surface area contributed by atoms with Crippen LogP contribution >= 0.6 is 11.6 Å². The Morgan fingerprint density at radius 3 is 2.24 bits per heavy atom.